The van der Waals surface area contributed by atoms with Crippen molar-refractivity contribution in [2.45, 2.75) is 31.5 Å². The first-order valence-corrected chi connectivity index (χ1v) is 9.19. The third-order valence-corrected chi connectivity index (χ3v) is 5.14. The first-order chi connectivity index (χ1) is 12.6. The number of hydrogen-bond donors (Lipinski definition) is 4. The van der Waals surface area contributed by atoms with Crippen LogP contribution in [0.25, 0.3) is 0 Å². The van der Waals surface area contributed by atoms with Crippen LogP contribution in [-0.4, -0.2) is 62.6 Å². The fourth-order valence-corrected chi connectivity index (χ4v) is 3.56. The third-order valence-electron chi connectivity index (χ3n) is 4.28. The summed E-state index contributed by atoms with van der Waals surface area (Å²) in [5.41, 5.74) is 0.298. The molecule has 26 heavy (non-hydrogen) atoms. The van der Waals surface area contributed by atoms with E-state index in [-0.39, 0.29) is 17.7 Å². The first-order valence-electron chi connectivity index (χ1n) is 8.31. The van der Waals surface area contributed by atoms with Crippen molar-refractivity contribution in [3.63, 3.8) is 0 Å². The van der Waals surface area contributed by atoms with E-state index in [2.05, 4.69) is 31.2 Å². The number of nitrogens with one attached hydrogen (secondary N) is 3. The summed E-state index contributed by atoms with van der Waals surface area (Å²) in [6.07, 6.45) is 3.25. The Balaban J connectivity index is 1.47. The van der Waals surface area contributed by atoms with E-state index in [0.717, 1.165) is 0 Å². The maximum atomic E-state index is 12.3. The van der Waals surface area contributed by atoms with Gasteiger partial charge in [0, 0.05) is 31.1 Å². The topological polar surface area (TPSA) is 134 Å². The van der Waals surface area contributed by atoms with Gasteiger partial charge >= 0.3 is 0 Å². The molecule has 0 saturated heterocycles. The number of amides is 2. The highest BCUT2D eigenvalue weighted by Gasteiger charge is 2.37. The number of aliphatic hydroxyl groups excluding tert-OH is 1. The Labute approximate surface area is 154 Å². The monoisotopic (exact) mass is 379 g/mol. The summed E-state index contributed by atoms with van der Waals surface area (Å²) in [7, 11) is 1.73. The van der Waals surface area contributed by atoms with Crippen molar-refractivity contribution >= 4 is 28.3 Å². The molecule has 2 amide bonds. The van der Waals surface area contributed by atoms with Crippen molar-refractivity contribution in [3.05, 3.63) is 23.5 Å². The molecular weight excluding hydrogens is 358 g/mol. The van der Waals surface area contributed by atoms with Gasteiger partial charge in [-0.2, -0.15) is 0 Å². The molecule has 3 rings (SSSR count). The standard InChI is InChI=1S/C15H21N7O3S/c1-16-15-20-11(8-26-15)14(25)19-10-6-9(7-12(10)23)13(24)17-2-4-22-5-3-18-21-22/h3,5,8-10,12,23H,2,4,6-7H2,1H3,(H,16,20)(H,17,24)(H,19,25)/t9-,10+,12+/m0/s1. The number of nitrogens with zero attached hydrogens (tertiary/aromatic N) is 4. The van der Waals surface area contributed by atoms with Crippen molar-refractivity contribution in [2.75, 3.05) is 18.9 Å². The van der Waals surface area contributed by atoms with Crippen LogP contribution in [0.15, 0.2) is 17.8 Å². The zero-order valence-electron chi connectivity index (χ0n) is 14.3. The fraction of sp³-hybridized carbons (Fsp3) is 0.533. The lowest BCUT2D eigenvalue weighted by Crippen LogP contribution is -2.40. The van der Waals surface area contributed by atoms with E-state index in [1.54, 1.807) is 29.5 Å². The van der Waals surface area contributed by atoms with Crippen molar-refractivity contribution in [3.8, 4) is 0 Å². The van der Waals surface area contributed by atoms with Gasteiger partial charge in [0.25, 0.3) is 5.91 Å². The van der Waals surface area contributed by atoms with Gasteiger partial charge in [-0.25, -0.2) is 4.98 Å². The highest BCUT2D eigenvalue weighted by atomic mass is 32.1. The summed E-state index contributed by atoms with van der Waals surface area (Å²) in [6, 6.07) is -0.465. The Hall–Kier alpha value is -2.53. The summed E-state index contributed by atoms with van der Waals surface area (Å²) in [4.78, 5) is 28.6. The summed E-state index contributed by atoms with van der Waals surface area (Å²) in [6.45, 7) is 0.955. The van der Waals surface area contributed by atoms with Crippen LogP contribution in [0.3, 0.4) is 0 Å². The van der Waals surface area contributed by atoms with Crippen LogP contribution in [0.1, 0.15) is 23.3 Å². The molecule has 0 radical (unpaired) electrons. The Bertz CT molecular complexity index is 748. The van der Waals surface area contributed by atoms with Crippen molar-refractivity contribution in [2.24, 2.45) is 5.92 Å². The quantitative estimate of drug-likeness (QED) is 0.508. The van der Waals surface area contributed by atoms with Crippen LogP contribution >= 0.6 is 11.3 Å². The lowest BCUT2D eigenvalue weighted by atomic mass is 10.1. The first kappa shape index (κ1) is 18.3. The molecule has 2 aromatic rings. The molecule has 1 aliphatic carbocycles. The molecule has 2 aromatic heterocycles. The average molecular weight is 379 g/mol. The molecular formula is C15H21N7O3S. The summed E-state index contributed by atoms with van der Waals surface area (Å²) in [5, 5.41) is 28.5. The van der Waals surface area contributed by atoms with Gasteiger partial charge in [0.05, 0.1) is 24.9 Å². The van der Waals surface area contributed by atoms with Gasteiger partial charge in [0.1, 0.15) is 5.69 Å². The van der Waals surface area contributed by atoms with Gasteiger partial charge in [0.2, 0.25) is 5.91 Å². The zero-order valence-corrected chi connectivity index (χ0v) is 15.1. The molecule has 0 spiro atoms. The van der Waals surface area contributed by atoms with Gasteiger partial charge in [0.15, 0.2) is 5.13 Å². The van der Waals surface area contributed by atoms with Crippen LogP contribution in [0.2, 0.25) is 0 Å². The number of carbonyl (C=O) groups excluding carboxylic acids is 2. The van der Waals surface area contributed by atoms with Crippen molar-refractivity contribution in [1.29, 1.82) is 0 Å². The molecule has 1 aliphatic rings. The number of thiazole rings is 1. The third kappa shape index (κ3) is 4.35. The van der Waals surface area contributed by atoms with Crippen LogP contribution in [0.4, 0.5) is 5.13 Å². The van der Waals surface area contributed by atoms with Crippen LogP contribution < -0.4 is 16.0 Å². The summed E-state index contributed by atoms with van der Waals surface area (Å²) >= 11 is 1.33. The minimum Gasteiger partial charge on any atom is -0.391 e. The number of aliphatic hydroxyl groups is 1. The molecule has 0 unspecified atom stereocenters. The van der Waals surface area contributed by atoms with Crippen LogP contribution in [-0.2, 0) is 11.3 Å². The van der Waals surface area contributed by atoms with Gasteiger partial charge in [-0.15, -0.1) is 16.4 Å². The lowest BCUT2D eigenvalue weighted by Gasteiger charge is -2.15. The molecule has 4 N–H and O–H groups in total. The molecule has 11 heteroatoms. The number of anilines is 1. The minimum atomic E-state index is -0.757. The van der Waals surface area contributed by atoms with E-state index in [0.29, 0.717) is 36.8 Å². The molecule has 1 saturated carbocycles. The molecule has 140 valence electrons. The van der Waals surface area contributed by atoms with E-state index < -0.39 is 12.1 Å². The Kier molecular flexibility index (Phi) is 5.78. The second-order valence-electron chi connectivity index (χ2n) is 6.06. The largest absolute Gasteiger partial charge is 0.391 e. The molecule has 2 heterocycles. The predicted octanol–water partition coefficient (Wildman–Crippen LogP) is -0.538. The maximum Gasteiger partial charge on any atom is 0.271 e. The van der Waals surface area contributed by atoms with Crippen LogP contribution in [0, 0.1) is 5.92 Å². The molecule has 3 atom stereocenters. The lowest BCUT2D eigenvalue weighted by molar-refractivity contribution is -0.125. The van der Waals surface area contributed by atoms with Crippen LogP contribution in [0.5, 0.6) is 0 Å². The average Bonchev–Trinajstić information content (AvgIpc) is 3.36. The van der Waals surface area contributed by atoms with E-state index in [9.17, 15) is 14.7 Å². The highest BCUT2D eigenvalue weighted by Crippen LogP contribution is 2.27. The molecule has 1 fully saturated rings. The van der Waals surface area contributed by atoms with E-state index >= 15 is 0 Å². The second kappa shape index (κ2) is 8.23. The Morgan fingerprint density at radius 3 is 2.96 bits per heavy atom. The van der Waals surface area contributed by atoms with Crippen molar-refractivity contribution < 1.29 is 14.7 Å². The molecule has 0 aromatic carbocycles. The van der Waals surface area contributed by atoms with Gasteiger partial charge in [-0.3, -0.25) is 14.3 Å². The zero-order chi connectivity index (χ0) is 18.5. The van der Waals surface area contributed by atoms with Gasteiger partial charge in [-0.05, 0) is 12.8 Å². The number of rotatable bonds is 7. The Morgan fingerprint density at radius 2 is 2.27 bits per heavy atom. The fourth-order valence-electron chi connectivity index (χ4n) is 2.91. The van der Waals surface area contributed by atoms with E-state index in [1.165, 1.54) is 11.3 Å². The number of hydrogen-bond acceptors (Lipinski definition) is 8. The smallest absolute Gasteiger partial charge is 0.271 e. The normalized spacial score (nSPS) is 22.2. The number of aromatic nitrogens is 4. The summed E-state index contributed by atoms with van der Waals surface area (Å²) < 4.78 is 1.63. The second-order valence-corrected chi connectivity index (χ2v) is 6.92. The van der Waals surface area contributed by atoms with E-state index in [1.807, 2.05) is 0 Å². The maximum absolute atomic E-state index is 12.3. The van der Waals surface area contributed by atoms with Crippen molar-refractivity contribution in [1.82, 2.24) is 30.6 Å². The highest BCUT2D eigenvalue weighted by molar-refractivity contribution is 7.13. The van der Waals surface area contributed by atoms with E-state index in [4.69, 9.17) is 0 Å². The SMILES string of the molecule is CNc1nc(C(=O)N[C@@H]2C[C@H](C(=O)NCCn3ccnn3)C[C@H]2O)cs1. The van der Waals surface area contributed by atoms with Gasteiger partial charge in [-0.1, -0.05) is 5.21 Å². The summed E-state index contributed by atoms with van der Waals surface area (Å²) in [5.74, 6) is -0.819. The molecule has 0 aliphatic heterocycles. The Morgan fingerprint density at radius 1 is 1.42 bits per heavy atom. The molecule has 0 bridgehead atoms. The number of carbonyl (C=O) groups is 2. The minimum absolute atomic E-state index is 0.132. The predicted molar refractivity (Wildman–Crippen MR) is 94.7 cm³/mol. The van der Waals surface area contributed by atoms with Gasteiger partial charge < -0.3 is 21.1 Å². The molecule has 10 nitrogen and oxygen atoms in total.